The van der Waals surface area contributed by atoms with Crippen molar-refractivity contribution >= 4 is 16.6 Å². The summed E-state index contributed by atoms with van der Waals surface area (Å²) in [4.78, 5) is 15.0. The Labute approximate surface area is 118 Å². The number of likely N-dealkylation sites (tertiary alicyclic amines) is 1. The lowest BCUT2D eigenvalue weighted by Gasteiger charge is -2.24. The Morgan fingerprint density at radius 1 is 1.35 bits per heavy atom. The van der Waals surface area contributed by atoms with E-state index in [0.717, 1.165) is 30.3 Å². The Hall–Kier alpha value is -1.81. The van der Waals surface area contributed by atoms with E-state index in [9.17, 15) is 4.79 Å². The number of pyridine rings is 1. The van der Waals surface area contributed by atoms with Crippen LogP contribution in [0.4, 0.5) is 5.82 Å². The molecule has 4 nitrogen and oxygen atoms in total. The van der Waals surface area contributed by atoms with Gasteiger partial charge in [0.05, 0.1) is 0 Å². The average Bonchev–Trinajstić information content (AvgIpc) is 2.90. The molecule has 3 rings (SSSR count). The maximum Gasteiger partial charge on any atom is 0.260 e. The number of hydrogen-bond acceptors (Lipinski definition) is 3. The van der Waals surface area contributed by atoms with Crippen LogP contribution < -0.4 is 11.3 Å². The molecule has 20 heavy (non-hydrogen) atoms. The summed E-state index contributed by atoms with van der Waals surface area (Å²) in [5, 5.41) is 1.67. The highest BCUT2D eigenvalue weighted by atomic mass is 16.1. The molecule has 1 fully saturated rings. The summed E-state index contributed by atoms with van der Waals surface area (Å²) in [6, 6.07) is 9.98. The summed E-state index contributed by atoms with van der Waals surface area (Å²) in [6.07, 6.45) is 2.35. The highest BCUT2D eigenvalue weighted by Gasteiger charge is 2.24. The van der Waals surface area contributed by atoms with Crippen LogP contribution >= 0.6 is 0 Å². The average molecular weight is 271 g/mol. The number of fused-ring (bicyclic) bond motifs is 1. The highest BCUT2D eigenvalue weighted by Crippen LogP contribution is 2.20. The normalized spacial score (nSPS) is 19.8. The molecule has 1 aromatic carbocycles. The van der Waals surface area contributed by atoms with Gasteiger partial charge >= 0.3 is 0 Å². The van der Waals surface area contributed by atoms with Crippen molar-refractivity contribution in [3.63, 3.8) is 0 Å². The number of benzene rings is 1. The van der Waals surface area contributed by atoms with E-state index >= 15 is 0 Å². The molecule has 0 bridgehead atoms. The number of likely N-dealkylation sites (N-methyl/N-ethyl adjacent to an activating group) is 1. The molecular weight excluding hydrogens is 250 g/mol. The number of nitrogen functional groups attached to an aromatic ring is 1. The van der Waals surface area contributed by atoms with Crippen molar-refractivity contribution in [3.05, 3.63) is 40.7 Å². The molecule has 2 N–H and O–H groups in total. The van der Waals surface area contributed by atoms with Crippen LogP contribution in [0.3, 0.4) is 0 Å². The fourth-order valence-electron chi connectivity index (χ4n) is 3.23. The van der Waals surface area contributed by atoms with E-state index in [-0.39, 0.29) is 5.56 Å². The fourth-order valence-corrected chi connectivity index (χ4v) is 3.23. The molecule has 1 saturated heterocycles. The zero-order valence-electron chi connectivity index (χ0n) is 11.9. The molecule has 1 aliphatic rings. The second-order valence-corrected chi connectivity index (χ2v) is 5.50. The van der Waals surface area contributed by atoms with Crippen molar-refractivity contribution in [1.29, 1.82) is 0 Å². The molecule has 1 aromatic heterocycles. The number of nitrogens with zero attached hydrogens (tertiary/aromatic N) is 2. The first kappa shape index (κ1) is 13.2. The SMILES string of the molecule is CCN1CCCC1Cn1c(N)cc2ccccc2c1=O. The molecule has 0 radical (unpaired) electrons. The predicted octanol–water partition coefficient (Wildman–Crippen LogP) is 2.07. The van der Waals surface area contributed by atoms with Crippen LogP contribution in [0.1, 0.15) is 19.8 Å². The van der Waals surface area contributed by atoms with Crippen LogP contribution in [0, 0.1) is 0 Å². The first-order chi connectivity index (χ1) is 9.70. The zero-order chi connectivity index (χ0) is 14.1. The topological polar surface area (TPSA) is 51.3 Å². The molecule has 2 heterocycles. The van der Waals surface area contributed by atoms with Crippen LogP contribution in [0.5, 0.6) is 0 Å². The van der Waals surface area contributed by atoms with Gasteiger partial charge in [0.25, 0.3) is 5.56 Å². The minimum Gasteiger partial charge on any atom is -0.385 e. The van der Waals surface area contributed by atoms with Gasteiger partial charge < -0.3 is 5.73 Å². The van der Waals surface area contributed by atoms with Crippen LogP contribution in [-0.4, -0.2) is 28.6 Å². The molecule has 1 atom stereocenters. The summed E-state index contributed by atoms with van der Waals surface area (Å²) in [5.41, 5.74) is 6.13. The minimum absolute atomic E-state index is 0.0311. The molecule has 0 aliphatic carbocycles. The van der Waals surface area contributed by atoms with Crippen LogP contribution in [0.15, 0.2) is 35.1 Å². The predicted molar refractivity (Wildman–Crippen MR) is 82.9 cm³/mol. The van der Waals surface area contributed by atoms with Crippen LogP contribution in [0.2, 0.25) is 0 Å². The molecule has 0 amide bonds. The lowest BCUT2D eigenvalue weighted by atomic mass is 10.1. The van der Waals surface area contributed by atoms with Gasteiger partial charge in [-0.1, -0.05) is 25.1 Å². The largest absolute Gasteiger partial charge is 0.385 e. The summed E-state index contributed by atoms with van der Waals surface area (Å²) >= 11 is 0. The van der Waals surface area contributed by atoms with Gasteiger partial charge in [-0.2, -0.15) is 0 Å². The number of anilines is 1. The molecule has 1 unspecified atom stereocenters. The third kappa shape index (κ3) is 2.20. The van der Waals surface area contributed by atoms with Crippen molar-refractivity contribution in [3.8, 4) is 0 Å². The van der Waals surface area contributed by atoms with Gasteiger partial charge in [-0.3, -0.25) is 14.3 Å². The van der Waals surface area contributed by atoms with E-state index in [1.165, 1.54) is 6.42 Å². The molecule has 4 heteroatoms. The first-order valence-corrected chi connectivity index (χ1v) is 7.33. The monoisotopic (exact) mass is 271 g/mol. The third-order valence-corrected chi connectivity index (χ3v) is 4.35. The Morgan fingerprint density at radius 2 is 2.15 bits per heavy atom. The van der Waals surface area contributed by atoms with Gasteiger partial charge in [0.15, 0.2) is 0 Å². The summed E-state index contributed by atoms with van der Waals surface area (Å²) < 4.78 is 1.74. The van der Waals surface area contributed by atoms with E-state index < -0.39 is 0 Å². The molecule has 1 aliphatic heterocycles. The van der Waals surface area contributed by atoms with Gasteiger partial charge in [0.2, 0.25) is 0 Å². The smallest absolute Gasteiger partial charge is 0.260 e. The minimum atomic E-state index is 0.0311. The highest BCUT2D eigenvalue weighted by molar-refractivity contribution is 5.83. The first-order valence-electron chi connectivity index (χ1n) is 7.33. The summed E-state index contributed by atoms with van der Waals surface area (Å²) in [5.74, 6) is 0.566. The standard InChI is InChI=1S/C16H21N3O/c1-2-18-9-5-7-13(18)11-19-15(17)10-12-6-3-4-8-14(12)16(19)20/h3-4,6,8,10,13H,2,5,7,9,11,17H2,1H3. The van der Waals surface area contributed by atoms with Crippen molar-refractivity contribution < 1.29 is 0 Å². The Bertz CT molecular complexity index is 677. The Kier molecular flexibility index (Phi) is 3.49. The third-order valence-electron chi connectivity index (χ3n) is 4.35. The lowest BCUT2D eigenvalue weighted by molar-refractivity contribution is 0.244. The molecule has 106 valence electrons. The van der Waals surface area contributed by atoms with Gasteiger partial charge in [-0.15, -0.1) is 0 Å². The summed E-state index contributed by atoms with van der Waals surface area (Å²) in [7, 11) is 0. The summed E-state index contributed by atoms with van der Waals surface area (Å²) in [6.45, 7) is 5.03. The van der Waals surface area contributed by atoms with Crippen LogP contribution in [0.25, 0.3) is 10.8 Å². The number of rotatable bonds is 3. The second-order valence-electron chi connectivity index (χ2n) is 5.50. The van der Waals surface area contributed by atoms with E-state index in [2.05, 4.69) is 11.8 Å². The van der Waals surface area contributed by atoms with Crippen molar-refractivity contribution in [2.24, 2.45) is 0 Å². The molecular formula is C16H21N3O. The fraction of sp³-hybridized carbons (Fsp3) is 0.438. The molecule has 0 saturated carbocycles. The second kappa shape index (κ2) is 5.29. The molecule has 2 aromatic rings. The van der Waals surface area contributed by atoms with E-state index in [1.807, 2.05) is 30.3 Å². The van der Waals surface area contributed by atoms with Gasteiger partial charge in [-0.25, -0.2) is 0 Å². The number of aromatic nitrogens is 1. The molecule has 0 spiro atoms. The van der Waals surface area contributed by atoms with Gasteiger partial charge in [0, 0.05) is 18.0 Å². The maximum atomic E-state index is 12.6. The lowest BCUT2D eigenvalue weighted by Crippen LogP contribution is -2.36. The Balaban J connectivity index is 2.01. The zero-order valence-corrected chi connectivity index (χ0v) is 11.9. The van der Waals surface area contributed by atoms with E-state index in [4.69, 9.17) is 5.73 Å². The number of nitrogens with two attached hydrogens (primary N) is 1. The van der Waals surface area contributed by atoms with Crippen LogP contribution in [-0.2, 0) is 6.54 Å². The van der Waals surface area contributed by atoms with Crippen molar-refractivity contribution in [1.82, 2.24) is 9.47 Å². The Morgan fingerprint density at radius 3 is 2.95 bits per heavy atom. The van der Waals surface area contributed by atoms with Crippen molar-refractivity contribution in [2.75, 3.05) is 18.8 Å². The number of hydrogen-bond donors (Lipinski definition) is 1. The van der Waals surface area contributed by atoms with E-state index in [0.29, 0.717) is 18.4 Å². The van der Waals surface area contributed by atoms with Gasteiger partial charge in [0.1, 0.15) is 5.82 Å². The van der Waals surface area contributed by atoms with Crippen molar-refractivity contribution in [2.45, 2.75) is 32.4 Å². The quantitative estimate of drug-likeness (QED) is 0.929. The van der Waals surface area contributed by atoms with Gasteiger partial charge in [-0.05, 0) is 43.5 Å². The van der Waals surface area contributed by atoms with E-state index in [1.54, 1.807) is 4.57 Å². The maximum absolute atomic E-state index is 12.6.